The number of hydrogen-bond donors (Lipinski definition) is 1. The van der Waals surface area contributed by atoms with E-state index in [1.54, 1.807) is 6.08 Å². The molecular weight excluding hydrogens is 460 g/mol. The highest BCUT2D eigenvalue weighted by Gasteiger charge is 2.36. The van der Waals surface area contributed by atoms with Gasteiger partial charge in [-0.25, -0.2) is 0 Å². The quantitative estimate of drug-likeness (QED) is 0.392. The van der Waals surface area contributed by atoms with Gasteiger partial charge in [0.2, 0.25) is 5.91 Å². The highest BCUT2D eigenvalue weighted by Crippen LogP contribution is 2.32. The summed E-state index contributed by atoms with van der Waals surface area (Å²) < 4.78 is 5.84. The van der Waals surface area contributed by atoms with Crippen molar-refractivity contribution in [3.63, 3.8) is 0 Å². The van der Waals surface area contributed by atoms with E-state index in [1.807, 2.05) is 78.9 Å². The van der Waals surface area contributed by atoms with Crippen LogP contribution in [-0.4, -0.2) is 28.5 Å². The number of nitrogens with one attached hydrogen (secondary N) is 1. The molecule has 1 saturated heterocycles. The number of carbonyl (C=O) groups excluding carboxylic acids is 3. The van der Waals surface area contributed by atoms with Crippen molar-refractivity contribution in [2.75, 3.05) is 11.9 Å². The van der Waals surface area contributed by atoms with Crippen molar-refractivity contribution in [2.45, 2.75) is 26.4 Å². The van der Waals surface area contributed by atoms with Gasteiger partial charge in [-0.1, -0.05) is 68.4 Å². The number of hydrogen-bond acceptors (Lipinski definition) is 5. The number of thioether (sulfide) groups is 1. The Labute approximate surface area is 209 Å². The van der Waals surface area contributed by atoms with Gasteiger partial charge in [-0.3, -0.25) is 19.3 Å². The van der Waals surface area contributed by atoms with Crippen LogP contribution in [0.1, 0.15) is 36.5 Å². The second-order valence-electron chi connectivity index (χ2n) is 8.44. The third kappa shape index (κ3) is 6.39. The first-order valence-corrected chi connectivity index (χ1v) is 12.1. The van der Waals surface area contributed by atoms with E-state index in [4.69, 9.17) is 4.74 Å². The number of anilines is 1. The molecule has 1 N–H and O–H groups in total. The van der Waals surface area contributed by atoms with Crippen molar-refractivity contribution >= 4 is 40.6 Å². The van der Waals surface area contributed by atoms with Crippen LogP contribution in [0.2, 0.25) is 0 Å². The maximum Gasteiger partial charge on any atom is 0.294 e. The van der Waals surface area contributed by atoms with Crippen LogP contribution >= 0.6 is 11.8 Å². The molecule has 0 aromatic heterocycles. The number of nitrogens with zero attached hydrogens (tertiary/aromatic N) is 1. The molecule has 1 aliphatic heterocycles. The molecule has 3 aromatic rings. The Kier molecular flexibility index (Phi) is 7.67. The fourth-order valence-corrected chi connectivity index (χ4v) is 4.36. The lowest BCUT2D eigenvalue weighted by molar-refractivity contribution is -0.127. The molecule has 1 heterocycles. The number of carbonyl (C=O) groups is 3. The van der Waals surface area contributed by atoms with Gasteiger partial charge < -0.3 is 10.1 Å². The minimum absolute atomic E-state index is 0.268. The zero-order chi connectivity index (χ0) is 24.8. The van der Waals surface area contributed by atoms with Gasteiger partial charge in [0.25, 0.3) is 11.1 Å². The van der Waals surface area contributed by atoms with Gasteiger partial charge in [-0.15, -0.1) is 0 Å². The molecule has 0 bridgehead atoms. The fourth-order valence-electron chi connectivity index (χ4n) is 3.52. The zero-order valence-corrected chi connectivity index (χ0v) is 20.4. The monoisotopic (exact) mass is 486 g/mol. The van der Waals surface area contributed by atoms with E-state index >= 15 is 0 Å². The summed E-state index contributed by atoms with van der Waals surface area (Å²) in [7, 11) is 0. The van der Waals surface area contributed by atoms with Crippen LogP contribution in [0.5, 0.6) is 5.75 Å². The summed E-state index contributed by atoms with van der Waals surface area (Å²) in [6, 6.07) is 24.6. The minimum atomic E-state index is -0.485. The smallest absolute Gasteiger partial charge is 0.294 e. The standard InChI is InChI=1S/C28H26N2O4S/c1-19(2)22-11-13-23(14-12-22)29-26(31)17-30-27(32)25(35-28(30)33)16-21-9-6-10-24(15-21)34-18-20-7-4-3-5-8-20/h3-16,19H,17-18H2,1-2H3,(H,29,31)/b25-16+. The molecule has 1 fully saturated rings. The predicted molar refractivity (Wildman–Crippen MR) is 139 cm³/mol. The van der Waals surface area contributed by atoms with Gasteiger partial charge in [0.1, 0.15) is 18.9 Å². The Balaban J connectivity index is 1.38. The lowest BCUT2D eigenvalue weighted by Gasteiger charge is -2.13. The fraction of sp³-hybridized carbons (Fsp3) is 0.179. The maximum absolute atomic E-state index is 12.8. The molecule has 6 nitrogen and oxygen atoms in total. The number of benzene rings is 3. The van der Waals surface area contributed by atoms with Crippen LogP contribution in [0.15, 0.2) is 83.8 Å². The SMILES string of the molecule is CC(C)c1ccc(NC(=O)CN2C(=O)S/C(=C/c3cccc(OCc4ccccc4)c3)C2=O)cc1. The summed E-state index contributed by atoms with van der Waals surface area (Å²) in [6.45, 7) is 4.27. The second kappa shape index (κ2) is 11.1. The number of rotatable bonds is 8. The van der Waals surface area contributed by atoms with Crippen molar-refractivity contribution in [1.29, 1.82) is 0 Å². The summed E-state index contributed by atoms with van der Waals surface area (Å²) in [5, 5.41) is 2.28. The van der Waals surface area contributed by atoms with E-state index in [0.29, 0.717) is 24.0 Å². The van der Waals surface area contributed by atoms with Crippen LogP contribution in [0.3, 0.4) is 0 Å². The van der Waals surface area contributed by atoms with E-state index < -0.39 is 17.1 Å². The van der Waals surface area contributed by atoms with Crippen molar-refractivity contribution < 1.29 is 19.1 Å². The predicted octanol–water partition coefficient (Wildman–Crippen LogP) is 6.06. The third-order valence-corrected chi connectivity index (χ3v) is 6.35. The summed E-state index contributed by atoms with van der Waals surface area (Å²) in [5.74, 6) is 0.130. The molecular formula is C28H26N2O4S. The molecule has 0 saturated carbocycles. The van der Waals surface area contributed by atoms with Gasteiger partial charge >= 0.3 is 0 Å². The molecule has 7 heteroatoms. The number of ether oxygens (including phenoxy) is 1. The van der Waals surface area contributed by atoms with Crippen molar-refractivity contribution in [3.05, 3.63) is 100 Å². The average molecular weight is 487 g/mol. The Morgan fingerprint density at radius 3 is 2.46 bits per heavy atom. The van der Waals surface area contributed by atoms with Gasteiger partial charge in [-0.05, 0) is 64.7 Å². The molecule has 0 atom stereocenters. The Morgan fingerprint density at radius 2 is 1.74 bits per heavy atom. The highest BCUT2D eigenvalue weighted by molar-refractivity contribution is 8.18. The molecule has 4 rings (SSSR count). The van der Waals surface area contributed by atoms with Crippen LogP contribution in [0.25, 0.3) is 6.08 Å². The van der Waals surface area contributed by atoms with Crippen LogP contribution in [-0.2, 0) is 16.2 Å². The van der Waals surface area contributed by atoms with E-state index in [1.165, 1.54) is 0 Å². The third-order valence-electron chi connectivity index (χ3n) is 5.44. The first-order valence-electron chi connectivity index (χ1n) is 11.3. The van der Waals surface area contributed by atoms with E-state index in [9.17, 15) is 14.4 Å². The van der Waals surface area contributed by atoms with Crippen LogP contribution in [0.4, 0.5) is 10.5 Å². The zero-order valence-electron chi connectivity index (χ0n) is 19.6. The van der Waals surface area contributed by atoms with Crippen LogP contribution in [0, 0.1) is 0 Å². The molecule has 3 aromatic carbocycles. The first-order chi connectivity index (χ1) is 16.9. The Hall–Kier alpha value is -3.84. The molecule has 0 unspecified atom stereocenters. The first kappa shape index (κ1) is 24.3. The lowest BCUT2D eigenvalue weighted by atomic mass is 10.0. The molecule has 3 amide bonds. The van der Waals surface area contributed by atoms with Gasteiger partial charge in [0, 0.05) is 5.69 Å². The molecule has 0 spiro atoms. The topological polar surface area (TPSA) is 75.7 Å². The summed E-state index contributed by atoms with van der Waals surface area (Å²) in [4.78, 5) is 39.0. The van der Waals surface area contributed by atoms with E-state index in [0.717, 1.165) is 33.4 Å². The van der Waals surface area contributed by atoms with E-state index in [-0.39, 0.29) is 11.4 Å². The average Bonchev–Trinajstić information content (AvgIpc) is 3.11. The van der Waals surface area contributed by atoms with Crippen molar-refractivity contribution in [2.24, 2.45) is 0 Å². The Bertz CT molecular complexity index is 1250. The number of imide groups is 1. The summed E-state index contributed by atoms with van der Waals surface area (Å²) >= 11 is 0.824. The second-order valence-corrected chi connectivity index (χ2v) is 9.43. The molecule has 1 aliphatic rings. The summed E-state index contributed by atoms with van der Waals surface area (Å²) in [5.41, 5.74) is 3.56. The Morgan fingerprint density at radius 1 is 1.00 bits per heavy atom. The minimum Gasteiger partial charge on any atom is -0.489 e. The molecule has 35 heavy (non-hydrogen) atoms. The van der Waals surface area contributed by atoms with E-state index in [2.05, 4.69) is 19.2 Å². The lowest BCUT2D eigenvalue weighted by Crippen LogP contribution is -2.36. The number of amides is 3. The normalized spacial score (nSPS) is 14.6. The van der Waals surface area contributed by atoms with Gasteiger partial charge in [-0.2, -0.15) is 0 Å². The van der Waals surface area contributed by atoms with Gasteiger partial charge in [0.15, 0.2) is 0 Å². The van der Waals surface area contributed by atoms with Crippen molar-refractivity contribution in [1.82, 2.24) is 4.90 Å². The largest absolute Gasteiger partial charge is 0.489 e. The summed E-state index contributed by atoms with van der Waals surface area (Å²) in [6.07, 6.45) is 1.64. The molecule has 178 valence electrons. The molecule has 0 radical (unpaired) electrons. The molecule has 0 aliphatic carbocycles. The van der Waals surface area contributed by atoms with Crippen LogP contribution < -0.4 is 10.1 Å². The van der Waals surface area contributed by atoms with Gasteiger partial charge in [0.05, 0.1) is 4.91 Å². The maximum atomic E-state index is 12.8. The highest BCUT2D eigenvalue weighted by atomic mass is 32.2. The van der Waals surface area contributed by atoms with Crippen molar-refractivity contribution in [3.8, 4) is 5.75 Å².